The topological polar surface area (TPSA) is 141 Å². The Balaban J connectivity index is 1.56. The molecule has 1 aliphatic rings. The molecule has 1 saturated heterocycles. The Morgan fingerprint density at radius 3 is 2.44 bits per heavy atom. The second-order valence-corrected chi connectivity index (χ2v) is 7.83. The summed E-state index contributed by atoms with van der Waals surface area (Å²) in [7, 11) is 0. The highest BCUT2D eigenvalue weighted by Gasteiger charge is 2.44. The molecule has 32 heavy (non-hydrogen) atoms. The van der Waals surface area contributed by atoms with Crippen LogP contribution in [0.1, 0.15) is 31.0 Å². The van der Waals surface area contributed by atoms with E-state index in [1.165, 1.54) is 6.08 Å². The van der Waals surface area contributed by atoms with Crippen molar-refractivity contribution in [1.29, 1.82) is 0 Å². The highest BCUT2D eigenvalue weighted by molar-refractivity contribution is 6.01. The first-order chi connectivity index (χ1) is 15.3. The van der Waals surface area contributed by atoms with Crippen molar-refractivity contribution >= 4 is 17.7 Å². The number of hydrogen-bond acceptors (Lipinski definition) is 8. The lowest BCUT2D eigenvalue weighted by atomic mass is 9.99. The summed E-state index contributed by atoms with van der Waals surface area (Å²) in [6.07, 6.45) is -2.11. The van der Waals surface area contributed by atoms with Crippen LogP contribution in [0.15, 0.2) is 48.7 Å². The molecule has 1 aromatic heterocycles. The molecule has 3 rings (SSSR count). The average molecular weight is 444 g/mol. The number of aromatic nitrogens is 1. The van der Waals surface area contributed by atoms with E-state index in [4.69, 9.17) is 9.47 Å². The second-order valence-electron chi connectivity index (χ2n) is 7.83. The van der Waals surface area contributed by atoms with Gasteiger partial charge in [-0.05, 0) is 41.8 Å². The molecule has 0 spiro atoms. The summed E-state index contributed by atoms with van der Waals surface area (Å²) < 4.78 is 10.9. The largest absolute Gasteiger partial charge is 0.462 e. The monoisotopic (exact) mass is 444 g/mol. The van der Waals surface area contributed by atoms with Crippen molar-refractivity contribution in [1.82, 2.24) is 4.98 Å². The molecule has 0 radical (unpaired) electrons. The van der Waals surface area contributed by atoms with Crippen molar-refractivity contribution in [2.75, 3.05) is 11.9 Å². The minimum absolute atomic E-state index is 0.300. The minimum atomic E-state index is -1.51. The van der Waals surface area contributed by atoms with Crippen LogP contribution < -0.4 is 10.1 Å². The highest BCUT2D eigenvalue weighted by Crippen LogP contribution is 2.24. The van der Waals surface area contributed by atoms with E-state index in [0.29, 0.717) is 17.4 Å². The zero-order valence-electron chi connectivity index (χ0n) is 17.8. The van der Waals surface area contributed by atoms with Crippen LogP contribution in [0, 0.1) is 0 Å². The van der Waals surface area contributed by atoms with E-state index in [1.54, 1.807) is 42.6 Å². The molecule has 1 fully saturated rings. The zero-order valence-corrected chi connectivity index (χ0v) is 17.8. The smallest absolute Gasteiger partial charge is 0.248 e. The lowest BCUT2D eigenvalue weighted by molar-refractivity contribution is -0.277. The standard InChI is InChI=1S/C23H28N2O7/c1-13(2)17-9-6-15(11-24-17)25-19(27)10-5-14-3-7-16(8-4-14)31-23-22(30)21(29)20(28)18(12-26)32-23/h3-11,13,18,20-23,26,28-30H,12H2,1-2H3,(H,25,27)/b10-5+. The van der Waals surface area contributed by atoms with E-state index in [-0.39, 0.29) is 5.91 Å². The third-order valence-electron chi connectivity index (χ3n) is 5.05. The maximum absolute atomic E-state index is 12.1. The number of benzene rings is 1. The predicted molar refractivity (Wildman–Crippen MR) is 117 cm³/mol. The van der Waals surface area contributed by atoms with Gasteiger partial charge < -0.3 is 35.2 Å². The lowest BCUT2D eigenvalue weighted by Gasteiger charge is -2.39. The number of aliphatic hydroxyl groups is 4. The van der Waals surface area contributed by atoms with E-state index in [9.17, 15) is 25.2 Å². The number of pyridine rings is 1. The molecule has 172 valence electrons. The van der Waals surface area contributed by atoms with E-state index in [1.807, 2.05) is 19.9 Å². The first-order valence-electron chi connectivity index (χ1n) is 10.3. The number of anilines is 1. The summed E-state index contributed by atoms with van der Waals surface area (Å²) in [6, 6.07) is 10.3. The minimum Gasteiger partial charge on any atom is -0.462 e. The number of hydrogen-bond donors (Lipinski definition) is 5. The summed E-state index contributed by atoms with van der Waals surface area (Å²) in [6.45, 7) is 3.56. The summed E-state index contributed by atoms with van der Waals surface area (Å²) in [5.74, 6) is 0.352. The Morgan fingerprint density at radius 2 is 1.84 bits per heavy atom. The Kier molecular flexibility index (Phi) is 7.94. The number of nitrogens with one attached hydrogen (secondary N) is 1. The third kappa shape index (κ3) is 5.90. The number of carbonyl (C=O) groups excluding carboxylic acids is 1. The Bertz CT molecular complexity index is 913. The van der Waals surface area contributed by atoms with Gasteiger partial charge in [0, 0.05) is 11.8 Å². The van der Waals surface area contributed by atoms with E-state index >= 15 is 0 Å². The van der Waals surface area contributed by atoms with Gasteiger partial charge in [0.2, 0.25) is 12.2 Å². The van der Waals surface area contributed by atoms with Gasteiger partial charge in [0.1, 0.15) is 30.2 Å². The fourth-order valence-electron chi connectivity index (χ4n) is 3.13. The number of nitrogens with zero attached hydrogens (tertiary/aromatic N) is 1. The molecule has 2 aromatic rings. The Hall–Kier alpha value is -2.82. The van der Waals surface area contributed by atoms with Crippen molar-refractivity contribution in [3.8, 4) is 5.75 Å². The van der Waals surface area contributed by atoms with E-state index < -0.39 is 37.3 Å². The fraction of sp³-hybridized carbons (Fsp3) is 0.391. The molecule has 1 aliphatic heterocycles. The van der Waals surface area contributed by atoms with Crippen molar-refractivity contribution in [2.45, 2.75) is 50.5 Å². The van der Waals surface area contributed by atoms with E-state index in [2.05, 4.69) is 10.3 Å². The highest BCUT2D eigenvalue weighted by atomic mass is 16.7. The molecule has 5 atom stereocenters. The van der Waals surface area contributed by atoms with Gasteiger partial charge in [-0.1, -0.05) is 26.0 Å². The quantitative estimate of drug-likeness (QED) is 0.399. The number of rotatable bonds is 7. The van der Waals surface area contributed by atoms with Gasteiger partial charge in [0.15, 0.2) is 0 Å². The van der Waals surface area contributed by atoms with Gasteiger partial charge in [0.05, 0.1) is 18.5 Å². The molecule has 1 aromatic carbocycles. The van der Waals surface area contributed by atoms with Crippen LogP contribution in [0.2, 0.25) is 0 Å². The van der Waals surface area contributed by atoms with Crippen LogP contribution in [-0.4, -0.2) is 68.6 Å². The normalized spacial score (nSPS) is 25.8. The van der Waals surface area contributed by atoms with Crippen LogP contribution in [0.3, 0.4) is 0 Å². The molecule has 0 bridgehead atoms. The molecule has 0 aliphatic carbocycles. The van der Waals surface area contributed by atoms with Gasteiger partial charge in [-0.25, -0.2) is 0 Å². The SMILES string of the molecule is CC(C)c1ccc(NC(=O)/C=C/c2ccc(OC3OC(CO)C(O)C(O)C3O)cc2)cn1. The molecular formula is C23H28N2O7. The van der Waals surface area contributed by atoms with Gasteiger partial charge >= 0.3 is 0 Å². The predicted octanol–water partition coefficient (Wildman–Crippen LogP) is 1.04. The summed E-state index contributed by atoms with van der Waals surface area (Å²) in [4.78, 5) is 16.4. The van der Waals surface area contributed by atoms with Crippen LogP contribution in [0.4, 0.5) is 5.69 Å². The van der Waals surface area contributed by atoms with Crippen molar-refractivity contribution < 1.29 is 34.7 Å². The second kappa shape index (κ2) is 10.7. The van der Waals surface area contributed by atoms with Crippen LogP contribution in [-0.2, 0) is 9.53 Å². The van der Waals surface area contributed by atoms with E-state index in [0.717, 1.165) is 11.3 Å². The average Bonchev–Trinajstić information content (AvgIpc) is 2.79. The lowest BCUT2D eigenvalue weighted by Crippen LogP contribution is -2.60. The van der Waals surface area contributed by atoms with Gasteiger partial charge in [-0.2, -0.15) is 0 Å². The van der Waals surface area contributed by atoms with Crippen molar-refractivity contribution in [2.24, 2.45) is 0 Å². The Labute approximate surface area is 186 Å². The summed E-state index contributed by atoms with van der Waals surface area (Å²) >= 11 is 0. The summed E-state index contributed by atoms with van der Waals surface area (Å²) in [5.41, 5.74) is 2.28. The molecule has 5 unspecified atom stereocenters. The van der Waals surface area contributed by atoms with Crippen LogP contribution in [0.25, 0.3) is 6.08 Å². The molecule has 1 amide bonds. The number of aliphatic hydroxyl groups excluding tert-OH is 4. The van der Waals surface area contributed by atoms with Gasteiger partial charge in [0.25, 0.3) is 0 Å². The maximum Gasteiger partial charge on any atom is 0.248 e. The number of amides is 1. The molecule has 9 nitrogen and oxygen atoms in total. The first-order valence-corrected chi connectivity index (χ1v) is 10.3. The van der Waals surface area contributed by atoms with Crippen molar-refractivity contribution in [3.63, 3.8) is 0 Å². The maximum atomic E-state index is 12.1. The molecule has 9 heteroatoms. The van der Waals surface area contributed by atoms with Crippen LogP contribution in [0.5, 0.6) is 5.75 Å². The van der Waals surface area contributed by atoms with Gasteiger partial charge in [-0.15, -0.1) is 0 Å². The zero-order chi connectivity index (χ0) is 23.3. The number of ether oxygens (including phenoxy) is 2. The molecular weight excluding hydrogens is 416 g/mol. The first kappa shape index (κ1) is 23.8. The Morgan fingerprint density at radius 1 is 1.12 bits per heavy atom. The van der Waals surface area contributed by atoms with Crippen molar-refractivity contribution in [3.05, 3.63) is 59.9 Å². The number of carbonyl (C=O) groups is 1. The fourth-order valence-corrected chi connectivity index (χ4v) is 3.13. The van der Waals surface area contributed by atoms with Crippen LogP contribution >= 0.6 is 0 Å². The molecule has 5 N–H and O–H groups in total. The molecule has 0 saturated carbocycles. The van der Waals surface area contributed by atoms with Gasteiger partial charge in [-0.3, -0.25) is 9.78 Å². The molecule has 2 heterocycles. The summed E-state index contributed by atoms with van der Waals surface area (Å²) in [5, 5.41) is 41.7. The third-order valence-corrected chi connectivity index (χ3v) is 5.05.